The lowest BCUT2D eigenvalue weighted by atomic mass is 10.0. The minimum Gasteiger partial charge on any atom is -0.486 e. The summed E-state index contributed by atoms with van der Waals surface area (Å²) in [6.45, 7) is 4.77. The second-order valence-corrected chi connectivity index (χ2v) is 8.67. The van der Waals surface area contributed by atoms with Gasteiger partial charge in [-0.2, -0.15) is 0 Å². The van der Waals surface area contributed by atoms with Gasteiger partial charge in [-0.1, -0.05) is 6.07 Å². The van der Waals surface area contributed by atoms with Crippen LogP contribution in [0.3, 0.4) is 0 Å². The van der Waals surface area contributed by atoms with Crippen LogP contribution in [0, 0.1) is 0 Å². The fourth-order valence-electron chi connectivity index (χ4n) is 4.95. The van der Waals surface area contributed by atoms with Crippen molar-refractivity contribution in [2.45, 2.75) is 38.1 Å². The molecule has 6 nitrogen and oxygen atoms in total. The highest BCUT2D eigenvalue weighted by atomic mass is 16.6. The Morgan fingerprint density at radius 2 is 1.68 bits per heavy atom. The quantitative estimate of drug-likeness (QED) is 0.783. The maximum Gasteiger partial charge on any atom is 0.238 e. The first-order chi connectivity index (χ1) is 15.3. The van der Waals surface area contributed by atoms with Gasteiger partial charge in [-0.3, -0.25) is 9.69 Å². The van der Waals surface area contributed by atoms with E-state index in [9.17, 15) is 4.79 Å². The van der Waals surface area contributed by atoms with Crippen molar-refractivity contribution in [3.63, 3.8) is 0 Å². The molecule has 0 saturated carbocycles. The monoisotopic (exact) mass is 421 g/mol. The summed E-state index contributed by atoms with van der Waals surface area (Å²) in [5.74, 6) is 1.66. The lowest BCUT2D eigenvalue weighted by Crippen LogP contribution is -2.33. The Kier molecular flexibility index (Phi) is 5.98. The molecule has 1 atom stereocenters. The van der Waals surface area contributed by atoms with Crippen LogP contribution in [0.2, 0.25) is 0 Å². The van der Waals surface area contributed by atoms with E-state index in [1.165, 1.54) is 30.5 Å². The number of benzene rings is 2. The molecule has 1 amide bonds. The number of fused-ring (bicyclic) bond motifs is 1. The van der Waals surface area contributed by atoms with Gasteiger partial charge in [-0.15, -0.1) is 0 Å². The van der Waals surface area contributed by atoms with Gasteiger partial charge in [-0.05, 0) is 80.6 Å². The number of piperidine rings is 1. The number of carbonyl (C=O) groups excluding carboxylic acids is 1. The number of ether oxygens (including phenoxy) is 2. The maximum atomic E-state index is 12.8. The average Bonchev–Trinajstić information content (AvgIpc) is 3.27. The topological polar surface area (TPSA) is 54.0 Å². The van der Waals surface area contributed by atoms with Crippen LogP contribution in [-0.2, 0) is 4.79 Å². The Morgan fingerprint density at radius 3 is 2.48 bits per heavy atom. The molecule has 31 heavy (non-hydrogen) atoms. The van der Waals surface area contributed by atoms with E-state index in [2.05, 4.69) is 39.4 Å². The zero-order chi connectivity index (χ0) is 21.0. The number of rotatable bonds is 5. The summed E-state index contributed by atoms with van der Waals surface area (Å²) in [6, 6.07) is 14.7. The molecule has 2 aromatic carbocycles. The van der Waals surface area contributed by atoms with E-state index in [4.69, 9.17) is 9.47 Å². The van der Waals surface area contributed by atoms with Crippen LogP contribution in [0.15, 0.2) is 42.5 Å². The number of hydrogen-bond acceptors (Lipinski definition) is 5. The van der Waals surface area contributed by atoms with Gasteiger partial charge in [0.1, 0.15) is 13.2 Å². The van der Waals surface area contributed by atoms with E-state index in [-0.39, 0.29) is 11.9 Å². The Bertz CT molecular complexity index is 909. The van der Waals surface area contributed by atoms with Gasteiger partial charge in [0.2, 0.25) is 5.91 Å². The van der Waals surface area contributed by atoms with Gasteiger partial charge in [0.15, 0.2) is 11.5 Å². The summed E-state index contributed by atoms with van der Waals surface area (Å²) in [5.41, 5.74) is 3.30. The van der Waals surface area contributed by atoms with Crippen molar-refractivity contribution in [3.05, 3.63) is 48.0 Å². The van der Waals surface area contributed by atoms with E-state index in [1.54, 1.807) is 0 Å². The molecule has 3 aliphatic rings. The summed E-state index contributed by atoms with van der Waals surface area (Å²) in [5, 5.41) is 3.08. The van der Waals surface area contributed by atoms with Crippen molar-refractivity contribution in [2.24, 2.45) is 0 Å². The van der Waals surface area contributed by atoms with Crippen molar-refractivity contribution < 1.29 is 14.3 Å². The number of nitrogens with one attached hydrogen (secondary N) is 1. The van der Waals surface area contributed by atoms with Crippen molar-refractivity contribution in [3.8, 4) is 11.5 Å². The molecular formula is C25H31N3O3. The predicted octanol–water partition coefficient (Wildman–Crippen LogP) is 4.22. The van der Waals surface area contributed by atoms with Crippen molar-refractivity contribution >= 4 is 17.3 Å². The summed E-state index contributed by atoms with van der Waals surface area (Å²) in [4.78, 5) is 17.5. The largest absolute Gasteiger partial charge is 0.486 e. The van der Waals surface area contributed by atoms with Gasteiger partial charge in [0, 0.05) is 30.5 Å². The second kappa shape index (κ2) is 9.18. The van der Waals surface area contributed by atoms with Gasteiger partial charge in [0.25, 0.3) is 0 Å². The average molecular weight is 422 g/mol. The summed E-state index contributed by atoms with van der Waals surface area (Å²) in [6.07, 6.45) is 6.00. The van der Waals surface area contributed by atoms with Crippen LogP contribution in [-0.4, -0.2) is 50.2 Å². The minimum atomic E-state index is 0.0372. The third-order valence-electron chi connectivity index (χ3n) is 6.53. The Hall–Kier alpha value is -2.73. The van der Waals surface area contributed by atoms with E-state index in [0.717, 1.165) is 49.7 Å². The first-order valence-electron chi connectivity index (χ1n) is 11.5. The zero-order valence-electron chi connectivity index (χ0n) is 18.0. The smallest absolute Gasteiger partial charge is 0.238 e. The molecule has 0 bridgehead atoms. The van der Waals surface area contributed by atoms with Crippen LogP contribution in [0.25, 0.3) is 0 Å². The molecule has 0 aromatic heterocycles. The van der Waals surface area contributed by atoms with Crippen LogP contribution in [0.5, 0.6) is 11.5 Å². The molecular weight excluding hydrogens is 390 g/mol. The maximum absolute atomic E-state index is 12.8. The molecule has 5 rings (SSSR count). The predicted molar refractivity (Wildman–Crippen MR) is 122 cm³/mol. The van der Waals surface area contributed by atoms with Crippen molar-refractivity contribution in [1.82, 2.24) is 4.90 Å². The van der Waals surface area contributed by atoms with E-state index >= 15 is 0 Å². The molecule has 6 heteroatoms. The van der Waals surface area contributed by atoms with Crippen molar-refractivity contribution in [1.29, 1.82) is 0 Å². The standard InChI is InChI=1S/C25H31N3O3/c29-25(26-20-7-9-21(10-8-20)27-12-2-1-3-13-27)18-28-14-4-5-22(28)19-6-11-23-24(17-19)31-16-15-30-23/h6-11,17,22H,1-5,12-16,18H2,(H,26,29)/t22-/m0/s1. The Labute approximate surface area is 184 Å². The van der Waals surface area contributed by atoms with Gasteiger partial charge >= 0.3 is 0 Å². The molecule has 0 spiro atoms. The molecule has 164 valence electrons. The Morgan fingerprint density at radius 1 is 0.903 bits per heavy atom. The first kappa shape index (κ1) is 20.2. The summed E-state index contributed by atoms with van der Waals surface area (Å²) in [7, 11) is 0. The fourth-order valence-corrected chi connectivity index (χ4v) is 4.95. The molecule has 0 radical (unpaired) electrons. The van der Waals surface area contributed by atoms with Gasteiger partial charge in [0.05, 0.1) is 6.54 Å². The molecule has 3 aliphatic heterocycles. The Balaban J connectivity index is 1.20. The number of likely N-dealkylation sites (tertiary alicyclic amines) is 1. The van der Waals surface area contributed by atoms with Crippen LogP contribution in [0.4, 0.5) is 11.4 Å². The third kappa shape index (κ3) is 4.64. The lowest BCUT2D eigenvalue weighted by molar-refractivity contribution is -0.117. The van der Waals surface area contributed by atoms with Gasteiger partial charge < -0.3 is 19.7 Å². The van der Waals surface area contributed by atoms with Gasteiger partial charge in [-0.25, -0.2) is 0 Å². The van der Waals surface area contributed by atoms with Crippen molar-refractivity contribution in [2.75, 3.05) is 49.6 Å². The summed E-state index contributed by atoms with van der Waals surface area (Å²) < 4.78 is 11.4. The number of carbonyl (C=O) groups is 1. The van der Waals surface area contributed by atoms with Crippen LogP contribution in [0.1, 0.15) is 43.7 Å². The third-order valence-corrected chi connectivity index (χ3v) is 6.53. The minimum absolute atomic E-state index is 0.0372. The fraction of sp³-hybridized carbons (Fsp3) is 0.480. The first-order valence-corrected chi connectivity index (χ1v) is 11.5. The normalized spacial score (nSPS) is 21.2. The molecule has 3 heterocycles. The lowest BCUT2D eigenvalue weighted by Gasteiger charge is -2.29. The molecule has 0 unspecified atom stereocenters. The van der Waals surface area contributed by atoms with Crippen LogP contribution < -0.4 is 19.7 Å². The molecule has 1 N–H and O–H groups in total. The van der Waals surface area contributed by atoms with E-state index in [0.29, 0.717) is 19.8 Å². The molecule has 0 aliphatic carbocycles. The summed E-state index contributed by atoms with van der Waals surface area (Å²) >= 11 is 0. The highest BCUT2D eigenvalue weighted by Gasteiger charge is 2.28. The SMILES string of the molecule is O=C(CN1CCC[C@H]1c1ccc2c(c1)OCCO2)Nc1ccc(N2CCCCC2)cc1. The molecule has 2 fully saturated rings. The number of nitrogens with zero attached hydrogens (tertiary/aromatic N) is 2. The molecule has 2 aromatic rings. The highest BCUT2D eigenvalue weighted by molar-refractivity contribution is 5.92. The number of amides is 1. The highest BCUT2D eigenvalue weighted by Crippen LogP contribution is 2.38. The van der Waals surface area contributed by atoms with E-state index in [1.807, 2.05) is 18.2 Å². The number of hydrogen-bond donors (Lipinski definition) is 1. The second-order valence-electron chi connectivity index (χ2n) is 8.67. The molecule has 2 saturated heterocycles. The van der Waals surface area contributed by atoms with Crippen LogP contribution >= 0.6 is 0 Å². The number of anilines is 2. The van der Waals surface area contributed by atoms with E-state index < -0.39 is 0 Å². The zero-order valence-corrected chi connectivity index (χ0v) is 18.0.